The monoisotopic (exact) mass is 416 g/mol. The Balaban J connectivity index is 1.11. The summed E-state index contributed by atoms with van der Waals surface area (Å²) >= 11 is 0. The lowest BCUT2D eigenvalue weighted by atomic mass is 9.53. The number of hydrogen-bond donors (Lipinski definition) is 2. The van der Waals surface area contributed by atoms with Gasteiger partial charge in [-0.15, -0.1) is 0 Å². The molecule has 158 valence electrons. The summed E-state index contributed by atoms with van der Waals surface area (Å²) in [4.78, 5) is 25.5. The van der Waals surface area contributed by atoms with Crippen LogP contribution in [-0.2, 0) is 0 Å². The maximum atomic E-state index is 13.1. The van der Waals surface area contributed by atoms with Gasteiger partial charge in [-0.1, -0.05) is 0 Å². The molecular weight excluding hydrogens is 394 g/mol. The molecule has 0 aromatic carbocycles. The van der Waals surface area contributed by atoms with Gasteiger partial charge in [-0.05, 0) is 49.3 Å². The van der Waals surface area contributed by atoms with E-state index in [2.05, 4.69) is 20.3 Å². The number of aromatic nitrogens is 3. The van der Waals surface area contributed by atoms with E-state index in [1.165, 1.54) is 4.90 Å². The van der Waals surface area contributed by atoms with Gasteiger partial charge in [-0.3, -0.25) is 4.79 Å². The predicted octanol–water partition coefficient (Wildman–Crippen LogP) is 2.23. The van der Waals surface area contributed by atoms with Crippen LogP contribution in [0.3, 0.4) is 0 Å². The van der Waals surface area contributed by atoms with Crippen LogP contribution in [-0.4, -0.2) is 52.0 Å². The molecule has 3 heterocycles. The Bertz CT molecular complexity index is 965. The predicted molar refractivity (Wildman–Crippen MR) is 105 cm³/mol. The molecule has 1 spiro atoms. The van der Waals surface area contributed by atoms with Gasteiger partial charge in [0.2, 0.25) is 11.8 Å². The Morgan fingerprint density at radius 2 is 1.93 bits per heavy atom. The Morgan fingerprint density at radius 1 is 1.17 bits per heavy atom. The number of carbonyl (C=O) groups excluding carboxylic acids is 1. The number of primary amides is 1. The van der Waals surface area contributed by atoms with Gasteiger partial charge in [0, 0.05) is 18.4 Å². The first-order chi connectivity index (χ1) is 14.3. The maximum Gasteiger partial charge on any atom is 0.282 e. The Labute approximate surface area is 171 Å². The number of amides is 1. The van der Waals surface area contributed by atoms with E-state index >= 15 is 0 Å². The molecule has 0 bridgehead atoms. The van der Waals surface area contributed by atoms with E-state index in [1.54, 1.807) is 30.6 Å². The van der Waals surface area contributed by atoms with E-state index in [0.29, 0.717) is 23.2 Å². The number of halogens is 2. The molecule has 5 rings (SSSR count). The minimum Gasteiger partial charge on any atom is -0.474 e. The van der Waals surface area contributed by atoms with Crippen molar-refractivity contribution in [1.29, 1.82) is 0 Å². The third-order valence-corrected chi connectivity index (χ3v) is 6.12. The van der Waals surface area contributed by atoms with Crippen molar-refractivity contribution < 1.29 is 18.3 Å². The van der Waals surface area contributed by atoms with Gasteiger partial charge in [0.15, 0.2) is 0 Å². The van der Waals surface area contributed by atoms with Crippen LogP contribution >= 0.6 is 0 Å². The molecule has 1 saturated heterocycles. The number of nitrogens with zero attached hydrogens (tertiary/aromatic N) is 4. The summed E-state index contributed by atoms with van der Waals surface area (Å²) in [6, 6.07) is 5.30. The van der Waals surface area contributed by atoms with E-state index in [9.17, 15) is 13.6 Å². The highest BCUT2D eigenvalue weighted by molar-refractivity contribution is 5.94. The van der Waals surface area contributed by atoms with Gasteiger partial charge < -0.3 is 20.7 Å². The smallest absolute Gasteiger partial charge is 0.282 e. The molecule has 8 nitrogen and oxygen atoms in total. The minimum atomic E-state index is -2.65. The lowest BCUT2D eigenvalue weighted by molar-refractivity contribution is -0.0760. The second-order valence-corrected chi connectivity index (χ2v) is 8.57. The second-order valence-electron chi connectivity index (χ2n) is 8.57. The van der Waals surface area contributed by atoms with Crippen molar-refractivity contribution in [3.05, 3.63) is 36.2 Å². The highest BCUT2D eigenvalue weighted by Crippen LogP contribution is 2.57. The van der Waals surface area contributed by atoms with Crippen molar-refractivity contribution in [3.63, 3.8) is 0 Å². The molecule has 2 aromatic heterocycles. The van der Waals surface area contributed by atoms with Crippen LogP contribution in [0.5, 0.6) is 5.88 Å². The number of hydrogen-bond acceptors (Lipinski definition) is 7. The fourth-order valence-electron chi connectivity index (χ4n) is 4.68. The SMILES string of the molecule is NC(=O)c1cccnc1OC1CC2(CC(Nc3ccnc(N4CC(F)(F)C4)n3)C2)C1. The first-order valence-corrected chi connectivity index (χ1v) is 9.95. The Morgan fingerprint density at radius 3 is 2.63 bits per heavy atom. The molecule has 0 unspecified atom stereocenters. The number of rotatable bonds is 6. The van der Waals surface area contributed by atoms with Crippen molar-refractivity contribution in [1.82, 2.24) is 15.0 Å². The molecule has 2 aliphatic carbocycles. The van der Waals surface area contributed by atoms with Crippen LogP contribution in [0.15, 0.2) is 30.6 Å². The lowest BCUT2D eigenvalue weighted by Crippen LogP contribution is -2.57. The average Bonchev–Trinajstić information content (AvgIpc) is 2.63. The zero-order valence-corrected chi connectivity index (χ0v) is 16.2. The number of ether oxygens (including phenoxy) is 1. The molecule has 3 aliphatic rings. The van der Waals surface area contributed by atoms with Crippen LogP contribution in [0, 0.1) is 5.41 Å². The molecule has 3 N–H and O–H groups in total. The van der Waals surface area contributed by atoms with Gasteiger partial charge in [0.25, 0.3) is 11.8 Å². The minimum absolute atomic E-state index is 0.0256. The molecular formula is C20H22F2N6O2. The first kappa shape index (κ1) is 19.0. The number of nitrogens with two attached hydrogens (primary N) is 1. The van der Waals surface area contributed by atoms with Crippen molar-refractivity contribution in [2.75, 3.05) is 23.3 Å². The van der Waals surface area contributed by atoms with E-state index in [0.717, 1.165) is 25.7 Å². The van der Waals surface area contributed by atoms with Crippen molar-refractivity contribution in [2.24, 2.45) is 11.1 Å². The zero-order chi connectivity index (χ0) is 20.9. The van der Waals surface area contributed by atoms with Gasteiger partial charge in [-0.2, -0.15) is 4.98 Å². The van der Waals surface area contributed by atoms with E-state index in [-0.39, 0.29) is 30.7 Å². The summed E-state index contributed by atoms with van der Waals surface area (Å²) in [5.41, 5.74) is 5.90. The molecule has 30 heavy (non-hydrogen) atoms. The molecule has 1 aliphatic heterocycles. The van der Waals surface area contributed by atoms with Crippen LogP contribution in [0.4, 0.5) is 20.5 Å². The standard InChI is InChI=1S/C20H22F2N6O2/c21-20(22)10-28(11-20)18-25-5-3-15(27-18)26-12-6-19(7-12)8-13(9-19)30-17-14(16(23)29)2-1-4-24-17/h1-5,12-13H,6-11H2,(H2,23,29)(H,25,26,27). The topological polar surface area (TPSA) is 106 Å². The molecule has 1 amide bonds. The van der Waals surface area contributed by atoms with Crippen LogP contribution in [0.2, 0.25) is 0 Å². The van der Waals surface area contributed by atoms with Crippen LogP contribution in [0.1, 0.15) is 36.0 Å². The Hall–Kier alpha value is -3.04. The summed E-state index contributed by atoms with van der Waals surface area (Å²) in [6.45, 7) is -0.670. The lowest BCUT2D eigenvalue weighted by Gasteiger charge is -2.57. The van der Waals surface area contributed by atoms with E-state index in [1.807, 2.05) is 0 Å². The van der Waals surface area contributed by atoms with Gasteiger partial charge in [0.1, 0.15) is 17.5 Å². The van der Waals surface area contributed by atoms with Crippen molar-refractivity contribution in [3.8, 4) is 5.88 Å². The fourth-order valence-corrected chi connectivity index (χ4v) is 4.68. The highest BCUT2D eigenvalue weighted by Gasteiger charge is 2.54. The number of alkyl halides is 2. The summed E-state index contributed by atoms with van der Waals surface area (Å²) in [5, 5.41) is 3.37. The maximum absolute atomic E-state index is 13.1. The van der Waals surface area contributed by atoms with Crippen molar-refractivity contribution in [2.45, 2.75) is 43.8 Å². The fraction of sp³-hybridized carbons (Fsp3) is 0.500. The van der Waals surface area contributed by atoms with Gasteiger partial charge >= 0.3 is 0 Å². The van der Waals surface area contributed by atoms with E-state index in [4.69, 9.17) is 10.5 Å². The molecule has 10 heteroatoms. The van der Waals surface area contributed by atoms with Gasteiger partial charge in [-0.25, -0.2) is 18.7 Å². The quantitative estimate of drug-likeness (QED) is 0.744. The zero-order valence-electron chi connectivity index (χ0n) is 16.2. The summed E-state index contributed by atoms with van der Waals surface area (Å²) in [6.07, 6.45) is 6.97. The average molecular weight is 416 g/mol. The third kappa shape index (κ3) is 3.50. The first-order valence-electron chi connectivity index (χ1n) is 9.95. The molecule has 2 saturated carbocycles. The number of carbonyl (C=O) groups is 1. The number of nitrogens with one attached hydrogen (secondary N) is 1. The van der Waals surface area contributed by atoms with Crippen molar-refractivity contribution >= 4 is 17.7 Å². The Kier molecular flexibility index (Phi) is 4.26. The number of pyridine rings is 1. The summed E-state index contributed by atoms with van der Waals surface area (Å²) in [7, 11) is 0. The van der Waals surface area contributed by atoms with Crippen LogP contribution < -0.4 is 20.7 Å². The van der Waals surface area contributed by atoms with E-state index < -0.39 is 11.8 Å². The molecule has 0 radical (unpaired) electrons. The summed E-state index contributed by atoms with van der Waals surface area (Å²) < 4.78 is 32.0. The molecule has 3 fully saturated rings. The third-order valence-electron chi connectivity index (χ3n) is 6.12. The molecule has 2 aromatic rings. The highest BCUT2D eigenvalue weighted by atomic mass is 19.3. The molecule has 0 atom stereocenters. The second kappa shape index (κ2) is 6.75. The van der Waals surface area contributed by atoms with Crippen LogP contribution in [0.25, 0.3) is 0 Å². The summed E-state index contributed by atoms with van der Waals surface area (Å²) in [5.74, 6) is -1.92. The largest absolute Gasteiger partial charge is 0.474 e. The normalized spacial score (nSPS) is 28.8. The van der Waals surface area contributed by atoms with Gasteiger partial charge in [0.05, 0.1) is 13.1 Å². The number of anilines is 2.